The molecule has 0 aromatic heterocycles. The topological polar surface area (TPSA) is 53.6 Å². The van der Waals surface area contributed by atoms with Crippen molar-refractivity contribution >= 4 is 17.7 Å². The third kappa shape index (κ3) is 3.32. The van der Waals surface area contributed by atoms with E-state index in [4.69, 9.17) is 5.73 Å². The molecule has 1 heterocycles. The molecule has 2 rings (SSSR count). The van der Waals surface area contributed by atoms with Crippen LogP contribution in [0.1, 0.15) is 32.1 Å². The zero-order valence-corrected chi connectivity index (χ0v) is 12.4. The molecule has 1 saturated heterocycles. The van der Waals surface area contributed by atoms with E-state index in [1.54, 1.807) is 0 Å². The van der Waals surface area contributed by atoms with Gasteiger partial charge in [0.25, 0.3) is 0 Å². The maximum absolute atomic E-state index is 6.00. The number of hydrogen-bond donors (Lipinski definition) is 2. The van der Waals surface area contributed by atoms with Gasteiger partial charge in [-0.3, -0.25) is 4.99 Å². The van der Waals surface area contributed by atoms with E-state index < -0.39 is 0 Å². The summed E-state index contributed by atoms with van der Waals surface area (Å²) in [4.78, 5) is 6.91. The van der Waals surface area contributed by atoms with Gasteiger partial charge in [-0.05, 0) is 39.1 Å². The Balaban J connectivity index is 1.87. The van der Waals surface area contributed by atoms with Crippen molar-refractivity contribution in [1.29, 1.82) is 0 Å². The summed E-state index contributed by atoms with van der Waals surface area (Å²) in [5.74, 6) is 3.05. The average Bonchev–Trinajstić information content (AvgIpc) is 2.97. The average molecular weight is 270 g/mol. The Labute approximate surface area is 115 Å². The Morgan fingerprint density at radius 3 is 2.72 bits per heavy atom. The van der Waals surface area contributed by atoms with Gasteiger partial charge in [0.15, 0.2) is 5.96 Å². The van der Waals surface area contributed by atoms with Gasteiger partial charge in [-0.25, -0.2) is 0 Å². The van der Waals surface area contributed by atoms with Crippen LogP contribution in [-0.4, -0.2) is 54.6 Å². The number of nitrogens with two attached hydrogens (primary N) is 1. The normalized spacial score (nSPS) is 30.3. The number of aliphatic imine (C=N–C) groups is 1. The van der Waals surface area contributed by atoms with Crippen molar-refractivity contribution in [2.75, 3.05) is 32.1 Å². The molecular weight excluding hydrogens is 244 g/mol. The largest absolute Gasteiger partial charge is 0.370 e. The zero-order valence-electron chi connectivity index (χ0n) is 11.6. The third-order valence-corrected chi connectivity index (χ3v) is 5.52. The van der Waals surface area contributed by atoms with E-state index in [1.165, 1.54) is 43.6 Å². The van der Waals surface area contributed by atoms with Crippen LogP contribution in [-0.2, 0) is 0 Å². The Bertz CT molecular complexity index is 291. The summed E-state index contributed by atoms with van der Waals surface area (Å²) in [7, 11) is 4.31. The van der Waals surface area contributed by atoms with Gasteiger partial charge in [-0.15, -0.1) is 0 Å². The standard InChI is InChI=1S/C13H26N4S/c1-17(2)13(7-8-18-10-13)9-15-12(14)16-11-5-3-4-6-11/h11H,3-10H2,1-2H3,(H3,14,15,16). The first kappa shape index (κ1) is 14.0. The second-order valence-electron chi connectivity index (χ2n) is 5.75. The van der Waals surface area contributed by atoms with Gasteiger partial charge in [0.1, 0.15) is 0 Å². The van der Waals surface area contributed by atoms with Crippen LogP contribution in [0.4, 0.5) is 0 Å². The van der Waals surface area contributed by atoms with Gasteiger partial charge in [0, 0.05) is 17.3 Å². The molecule has 1 unspecified atom stereocenters. The number of hydrogen-bond acceptors (Lipinski definition) is 3. The molecule has 2 fully saturated rings. The summed E-state index contributed by atoms with van der Waals surface area (Å²) in [6.07, 6.45) is 6.34. The van der Waals surface area contributed by atoms with E-state index >= 15 is 0 Å². The van der Waals surface area contributed by atoms with Crippen molar-refractivity contribution in [1.82, 2.24) is 10.2 Å². The Morgan fingerprint density at radius 1 is 1.44 bits per heavy atom. The lowest BCUT2D eigenvalue weighted by Crippen LogP contribution is -2.48. The van der Waals surface area contributed by atoms with Crippen molar-refractivity contribution in [2.24, 2.45) is 10.7 Å². The quantitative estimate of drug-likeness (QED) is 0.597. The molecule has 0 aromatic rings. The van der Waals surface area contributed by atoms with Gasteiger partial charge >= 0.3 is 0 Å². The fourth-order valence-corrected chi connectivity index (χ4v) is 4.31. The molecule has 1 atom stereocenters. The van der Waals surface area contributed by atoms with Crippen molar-refractivity contribution in [3.63, 3.8) is 0 Å². The van der Waals surface area contributed by atoms with Crippen LogP contribution in [0.25, 0.3) is 0 Å². The SMILES string of the molecule is CN(C)C1(CN=C(N)NC2CCCC2)CCSC1. The molecule has 5 heteroatoms. The molecule has 0 radical (unpaired) electrons. The number of likely N-dealkylation sites (N-methyl/N-ethyl adjacent to an activating group) is 1. The summed E-state index contributed by atoms with van der Waals surface area (Å²) < 4.78 is 0. The molecule has 1 aliphatic heterocycles. The second kappa shape index (κ2) is 6.15. The minimum Gasteiger partial charge on any atom is -0.370 e. The highest BCUT2D eigenvalue weighted by atomic mass is 32.2. The smallest absolute Gasteiger partial charge is 0.188 e. The van der Waals surface area contributed by atoms with E-state index in [1.807, 2.05) is 11.8 Å². The Morgan fingerprint density at radius 2 is 2.17 bits per heavy atom. The minimum absolute atomic E-state index is 0.215. The minimum atomic E-state index is 0.215. The van der Waals surface area contributed by atoms with Gasteiger partial charge in [0.2, 0.25) is 0 Å². The van der Waals surface area contributed by atoms with Gasteiger partial charge in [0.05, 0.1) is 6.54 Å². The van der Waals surface area contributed by atoms with Crippen molar-refractivity contribution < 1.29 is 0 Å². The second-order valence-corrected chi connectivity index (χ2v) is 6.85. The van der Waals surface area contributed by atoms with E-state index in [2.05, 4.69) is 29.3 Å². The molecule has 1 aliphatic carbocycles. The highest BCUT2D eigenvalue weighted by Crippen LogP contribution is 2.32. The predicted octanol–water partition coefficient (Wildman–Crippen LogP) is 1.27. The van der Waals surface area contributed by atoms with Crippen molar-refractivity contribution in [3.05, 3.63) is 0 Å². The molecule has 3 N–H and O–H groups in total. The molecule has 1 saturated carbocycles. The van der Waals surface area contributed by atoms with Crippen LogP contribution >= 0.6 is 11.8 Å². The lowest BCUT2D eigenvalue weighted by molar-refractivity contribution is 0.190. The van der Waals surface area contributed by atoms with E-state index in [-0.39, 0.29) is 5.54 Å². The first-order valence-corrected chi connectivity index (χ1v) is 8.09. The Kier molecular flexibility index (Phi) is 4.78. The van der Waals surface area contributed by atoms with Gasteiger partial charge < -0.3 is 16.0 Å². The third-order valence-electron chi connectivity index (χ3n) is 4.28. The number of nitrogens with one attached hydrogen (secondary N) is 1. The first-order valence-electron chi connectivity index (χ1n) is 6.94. The zero-order chi connectivity index (χ0) is 13.0. The number of nitrogens with zero attached hydrogens (tertiary/aromatic N) is 2. The van der Waals surface area contributed by atoms with Gasteiger partial charge in [-0.1, -0.05) is 12.8 Å². The molecule has 2 aliphatic rings. The van der Waals surface area contributed by atoms with Crippen LogP contribution in [0.5, 0.6) is 0 Å². The lowest BCUT2D eigenvalue weighted by Gasteiger charge is -2.34. The molecule has 0 bridgehead atoms. The monoisotopic (exact) mass is 270 g/mol. The molecule has 0 amide bonds. The molecule has 0 spiro atoms. The molecule has 18 heavy (non-hydrogen) atoms. The summed E-state index contributed by atoms with van der Waals surface area (Å²) in [5, 5.41) is 3.36. The van der Waals surface area contributed by atoms with Crippen LogP contribution < -0.4 is 11.1 Å². The van der Waals surface area contributed by atoms with Gasteiger partial charge in [-0.2, -0.15) is 11.8 Å². The summed E-state index contributed by atoms with van der Waals surface area (Å²) >= 11 is 2.02. The summed E-state index contributed by atoms with van der Waals surface area (Å²) in [5.41, 5.74) is 6.22. The first-order chi connectivity index (χ1) is 8.62. The summed E-state index contributed by atoms with van der Waals surface area (Å²) in [6.45, 7) is 0.818. The molecular formula is C13H26N4S. The van der Waals surface area contributed by atoms with E-state index in [0.29, 0.717) is 12.0 Å². The molecule has 0 aromatic carbocycles. The number of thioether (sulfide) groups is 1. The van der Waals surface area contributed by atoms with Crippen LogP contribution in [0, 0.1) is 0 Å². The van der Waals surface area contributed by atoms with Crippen LogP contribution in [0.3, 0.4) is 0 Å². The van der Waals surface area contributed by atoms with E-state index in [9.17, 15) is 0 Å². The highest BCUT2D eigenvalue weighted by molar-refractivity contribution is 7.99. The maximum Gasteiger partial charge on any atom is 0.188 e. The summed E-state index contributed by atoms with van der Waals surface area (Å²) in [6, 6.07) is 0.557. The molecule has 104 valence electrons. The van der Waals surface area contributed by atoms with Crippen LogP contribution in [0.2, 0.25) is 0 Å². The van der Waals surface area contributed by atoms with Crippen LogP contribution in [0.15, 0.2) is 4.99 Å². The maximum atomic E-state index is 6.00. The molecule has 4 nitrogen and oxygen atoms in total. The number of guanidine groups is 1. The van der Waals surface area contributed by atoms with E-state index in [0.717, 1.165) is 6.54 Å². The van der Waals surface area contributed by atoms with Crippen molar-refractivity contribution in [2.45, 2.75) is 43.7 Å². The Hall–Kier alpha value is -0.420. The predicted molar refractivity (Wildman–Crippen MR) is 80.2 cm³/mol. The fraction of sp³-hybridized carbons (Fsp3) is 0.923. The lowest BCUT2D eigenvalue weighted by atomic mass is 9.98. The fourth-order valence-electron chi connectivity index (χ4n) is 2.77. The highest BCUT2D eigenvalue weighted by Gasteiger charge is 2.36. The number of rotatable bonds is 4. The van der Waals surface area contributed by atoms with Crippen molar-refractivity contribution in [3.8, 4) is 0 Å².